The Morgan fingerprint density at radius 1 is 0.510 bits per heavy atom. The van der Waals surface area contributed by atoms with Crippen molar-refractivity contribution in [2.24, 2.45) is 0 Å². The molecule has 0 fully saturated rings. The number of para-hydroxylation sites is 2. The maximum atomic E-state index is 4.91. The smallest absolute Gasteiger partial charge is 0.145 e. The zero-order chi connectivity index (χ0) is 33.2. The van der Waals surface area contributed by atoms with Gasteiger partial charge in [-0.05, 0) is 112 Å². The molecular weight excluding hydrogens is 619 g/mol. The van der Waals surface area contributed by atoms with Crippen LogP contribution in [0.1, 0.15) is 29.0 Å². The fourth-order valence-corrected chi connectivity index (χ4v) is 9.68. The van der Waals surface area contributed by atoms with E-state index in [-0.39, 0.29) is 0 Å². The standard InChI is InChI=1S/C48H31N3/c1-2-12-31(13-3-1)51-43-25-23-32(27-39(43)38-18-10-26-49-48(38)51)50-42-19-9-8-17-36(42)41-28-40-35-16-7-6-15-34(35)37-24-22-30-21-20-29-11-4-5-14-33(29)44(30)46(45(37)40)47(41)50/h1-21,23,25-28,37H,22,24H2. The number of hydrogen-bond donors (Lipinski definition) is 0. The first-order chi connectivity index (χ1) is 25.3. The van der Waals surface area contributed by atoms with Crippen LogP contribution in [0, 0.1) is 0 Å². The van der Waals surface area contributed by atoms with Crippen molar-refractivity contribution in [3.8, 4) is 33.6 Å². The van der Waals surface area contributed by atoms with Gasteiger partial charge in [0.2, 0.25) is 0 Å². The van der Waals surface area contributed by atoms with Crippen LogP contribution in [-0.2, 0) is 6.42 Å². The largest absolute Gasteiger partial charge is 0.309 e. The minimum Gasteiger partial charge on any atom is -0.309 e. The third kappa shape index (κ3) is 3.60. The van der Waals surface area contributed by atoms with Gasteiger partial charge in [0.15, 0.2) is 0 Å². The van der Waals surface area contributed by atoms with Crippen molar-refractivity contribution in [1.29, 1.82) is 0 Å². The summed E-state index contributed by atoms with van der Waals surface area (Å²) < 4.78 is 4.87. The minimum absolute atomic E-state index is 0.352. The summed E-state index contributed by atoms with van der Waals surface area (Å²) in [5.41, 5.74) is 16.9. The van der Waals surface area contributed by atoms with Crippen molar-refractivity contribution in [3.63, 3.8) is 0 Å². The molecule has 7 aromatic carbocycles. The average molecular weight is 650 g/mol. The topological polar surface area (TPSA) is 22.8 Å². The highest BCUT2D eigenvalue weighted by Crippen LogP contribution is 2.57. The van der Waals surface area contributed by atoms with Gasteiger partial charge in [0, 0.05) is 50.6 Å². The molecule has 10 aromatic rings. The van der Waals surface area contributed by atoms with Crippen LogP contribution < -0.4 is 0 Å². The zero-order valence-electron chi connectivity index (χ0n) is 27.8. The molecule has 0 bridgehead atoms. The molecule has 238 valence electrons. The van der Waals surface area contributed by atoms with Crippen LogP contribution in [0.15, 0.2) is 158 Å². The highest BCUT2D eigenvalue weighted by atomic mass is 15.0. The molecule has 0 spiro atoms. The van der Waals surface area contributed by atoms with E-state index in [1.165, 1.54) is 82.6 Å². The van der Waals surface area contributed by atoms with Crippen LogP contribution in [0.5, 0.6) is 0 Å². The Morgan fingerprint density at radius 3 is 2.24 bits per heavy atom. The second-order valence-corrected chi connectivity index (χ2v) is 14.2. The van der Waals surface area contributed by atoms with Gasteiger partial charge in [-0.3, -0.25) is 4.57 Å². The lowest BCUT2D eigenvalue weighted by Gasteiger charge is -2.19. The number of benzene rings is 7. The van der Waals surface area contributed by atoms with E-state index in [4.69, 9.17) is 4.98 Å². The number of hydrogen-bond acceptors (Lipinski definition) is 1. The molecule has 51 heavy (non-hydrogen) atoms. The summed E-state index contributed by atoms with van der Waals surface area (Å²) >= 11 is 0. The SMILES string of the molecule is c1ccc(-n2c3ccc(-n4c5ccccc5c5cc6c7c(c54)-c4c(ccc5ccccc45)CCC7c4ccccc4-6)cc3c3cccnc32)cc1. The summed E-state index contributed by atoms with van der Waals surface area (Å²) in [7, 11) is 0. The molecule has 0 amide bonds. The van der Waals surface area contributed by atoms with E-state index in [1.807, 2.05) is 6.20 Å². The lowest BCUT2D eigenvalue weighted by atomic mass is 9.86. The van der Waals surface area contributed by atoms with E-state index in [9.17, 15) is 0 Å². The molecule has 0 N–H and O–H groups in total. The van der Waals surface area contributed by atoms with Crippen molar-refractivity contribution < 1.29 is 0 Å². The van der Waals surface area contributed by atoms with Gasteiger partial charge in [0.25, 0.3) is 0 Å². The van der Waals surface area contributed by atoms with Crippen molar-refractivity contribution in [2.45, 2.75) is 18.8 Å². The lowest BCUT2D eigenvalue weighted by molar-refractivity contribution is 0.740. The lowest BCUT2D eigenvalue weighted by Crippen LogP contribution is -2.01. The van der Waals surface area contributed by atoms with Gasteiger partial charge >= 0.3 is 0 Å². The van der Waals surface area contributed by atoms with E-state index in [2.05, 4.69) is 161 Å². The van der Waals surface area contributed by atoms with E-state index in [0.29, 0.717) is 5.92 Å². The molecule has 3 nitrogen and oxygen atoms in total. The van der Waals surface area contributed by atoms with Crippen LogP contribution in [0.25, 0.3) is 88.1 Å². The summed E-state index contributed by atoms with van der Waals surface area (Å²) in [4.78, 5) is 4.91. The van der Waals surface area contributed by atoms with E-state index < -0.39 is 0 Å². The Morgan fingerprint density at radius 2 is 1.29 bits per heavy atom. The van der Waals surface area contributed by atoms with Crippen molar-refractivity contribution in [1.82, 2.24) is 14.1 Å². The first kappa shape index (κ1) is 27.4. The molecule has 0 saturated heterocycles. The molecule has 2 aliphatic carbocycles. The van der Waals surface area contributed by atoms with Gasteiger partial charge in [-0.2, -0.15) is 0 Å². The fraction of sp³-hybridized carbons (Fsp3) is 0.0625. The summed E-state index contributed by atoms with van der Waals surface area (Å²) in [5, 5.41) is 7.58. The maximum absolute atomic E-state index is 4.91. The predicted octanol–water partition coefficient (Wildman–Crippen LogP) is 12.2. The van der Waals surface area contributed by atoms with Crippen molar-refractivity contribution >= 4 is 54.5 Å². The van der Waals surface area contributed by atoms with E-state index >= 15 is 0 Å². The molecule has 0 aliphatic heterocycles. The first-order valence-electron chi connectivity index (χ1n) is 18.0. The van der Waals surface area contributed by atoms with Gasteiger partial charge in [-0.15, -0.1) is 0 Å². The van der Waals surface area contributed by atoms with E-state index in [1.54, 1.807) is 0 Å². The molecule has 3 aromatic heterocycles. The number of fused-ring (bicyclic) bond motifs is 14. The normalized spacial score (nSPS) is 14.7. The van der Waals surface area contributed by atoms with Gasteiger partial charge in [-0.1, -0.05) is 97.1 Å². The number of aromatic nitrogens is 3. The van der Waals surface area contributed by atoms with Gasteiger partial charge in [0.05, 0.1) is 16.6 Å². The fourth-order valence-electron chi connectivity index (χ4n) is 9.68. The van der Waals surface area contributed by atoms with Gasteiger partial charge in [0.1, 0.15) is 5.65 Å². The van der Waals surface area contributed by atoms with Crippen molar-refractivity contribution in [2.75, 3.05) is 0 Å². The Hall–Kier alpha value is -6.45. The highest BCUT2D eigenvalue weighted by molar-refractivity contribution is 6.20. The summed E-state index contributed by atoms with van der Waals surface area (Å²) in [6, 6.07) is 56.3. The number of aryl methyl sites for hydroxylation is 1. The van der Waals surface area contributed by atoms with Crippen LogP contribution in [0.4, 0.5) is 0 Å². The number of rotatable bonds is 2. The molecule has 1 atom stereocenters. The van der Waals surface area contributed by atoms with Crippen molar-refractivity contribution in [3.05, 3.63) is 175 Å². The monoisotopic (exact) mass is 649 g/mol. The maximum Gasteiger partial charge on any atom is 0.145 e. The summed E-state index contributed by atoms with van der Waals surface area (Å²) in [6.07, 6.45) is 4.05. The number of nitrogens with zero attached hydrogens (tertiary/aromatic N) is 3. The molecule has 3 heterocycles. The third-order valence-electron chi connectivity index (χ3n) is 11.7. The minimum atomic E-state index is 0.352. The van der Waals surface area contributed by atoms with Crippen LogP contribution in [0.2, 0.25) is 0 Å². The molecule has 0 saturated carbocycles. The average Bonchev–Trinajstić information content (AvgIpc) is 3.77. The first-order valence-corrected chi connectivity index (χ1v) is 18.0. The molecule has 2 aliphatic rings. The quantitative estimate of drug-likeness (QED) is 0.183. The molecular formula is C48H31N3. The third-order valence-corrected chi connectivity index (χ3v) is 11.7. The Balaban J connectivity index is 1.26. The van der Waals surface area contributed by atoms with Gasteiger partial charge < -0.3 is 4.57 Å². The van der Waals surface area contributed by atoms with Gasteiger partial charge in [-0.25, -0.2) is 4.98 Å². The summed E-state index contributed by atoms with van der Waals surface area (Å²) in [5.74, 6) is 0.352. The molecule has 1 unspecified atom stereocenters. The molecule has 12 rings (SSSR count). The zero-order valence-corrected chi connectivity index (χ0v) is 27.8. The number of pyridine rings is 1. The highest BCUT2D eigenvalue weighted by Gasteiger charge is 2.37. The predicted molar refractivity (Wildman–Crippen MR) is 211 cm³/mol. The molecule has 3 heteroatoms. The van der Waals surface area contributed by atoms with Crippen LogP contribution >= 0.6 is 0 Å². The molecule has 0 radical (unpaired) electrons. The Labute approximate surface area is 294 Å². The van der Waals surface area contributed by atoms with Crippen LogP contribution in [-0.4, -0.2) is 14.1 Å². The van der Waals surface area contributed by atoms with E-state index in [0.717, 1.165) is 35.1 Å². The second kappa shape index (κ2) is 10.1. The Kier molecular flexibility index (Phi) is 5.40. The Bertz CT molecular complexity index is 3090. The van der Waals surface area contributed by atoms with Crippen LogP contribution in [0.3, 0.4) is 0 Å². The summed E-state index contributed by atoms with van der Waals surface area (Å²) in [6.45, 7) is 0. The second-order valence-electron chi connectivity index (χ2n) is 14.2.